The molecule has 0 aliphatic heterocycles. The van der Waals surface area contributed by atoms with E-state index in [4.69, 9.17) is 11.6 Å². The van der Waals surface area contributed by atoms with Gasteiger partial charge in [0, 0.05) is 29.2 Å². The summed E-state index contributed by atoms with van der Waals surface area (Å²) in [5.41, 5.74) is 1.10. The van der Waals surface area contributed by atoms with Gasteiger partial charge < -0.3 is 4.90 Å². The third-order valence-electron chi connectivity index (χ3n) is 5.60. The Bertz CT molecular complexity index is 965. The number of halogens is 1. The van der Waals surface area contributed by atoms with Crippen LogP contribution in [0.25, 0.3) is 0 Å². The van der Waals surface area contributed by atoms with Gasteiger partial charge in [0.2, 0.25) is 10.0 Å². The molecule has 30 heavy (non-hydrogen) atoms. The first-order chi connectivity index (χ1) is 14.3. The second kappa shape index (κ2) is 9.87. The van der Waals surface area contributed by atoms with E-state index in [0.29, 0.717) is 0 Å². The number of hydrogen-bond donors (Lipinski definition) is 1. The SMILES string of the molecule is CN(CCCc1ccc(Cl)cc1)[C@@H]1CCC[C@H]1NS(=O)(=O)c1ccc([N+](=O)[O-])cc1. The smallest absolute Gasteiger partial charge is 0.269 e. The van der Waals surface area contributed by atoms with Gasteiger partial charge >= 0.3 is 0 Å². The van der Waals surface area contributed by atoms with Crippen molar-refractivity contribution in [3.8, 4) is 0 Å². The molecule has 0 amide bonds. The van der Waals surface area contributed by atoms with Crippen LogP contribution in [-0.4, -0.2) is 43.9 Å². The number of non-ortho nitro benzene ring substituents is 1. The van der Waals surface area contributed by atoms with E-state index in [1.807, 2.05) is 31.3 Å². The summed E-state index contributed by atoms with van der Waals surface area (Å²) in [5, 5.41) is 11.5. The minimum absolute atomic E-state index is 0.0455. The highest BCUT2D eigenvalue weighted by Gasteiger charge is 2.33. The zero-order chi connectivity index (χ0) is 21.7. The van der Waals surface area contributed by atoms with Gasteiger partial charge in [0.05, 0.1) is 9.82 Å². The number of benzene rings is 2. The van der Waals surface area contributed by atoms with Crippen LogP contribution in [0.4, 0.5) is 5.69 Å². The molecule has 1 fully saturated rings. The average molecular weight is 452 g/mol. The molecule has 1 aliphatic rings. The Balaban J connectivity index is 1.57. The van der Waals surface area contributed by atoms with E-state index in [0.717, 1.165) is 43.7 Å². The van der Waals surface area contributed by atoms with E-state index in [1.54, 1.807) is 0 Å². The Labute approximate surface area is 182 Å². The zero-order valence-corrected chi connectivity index (χ0v) is 18.4. The van der Waals surface area contributed by atoms with Crippen molar-refractivity contribution in [3.63, 3.8) is 0 Å². The van der Waals surface area contributed by atoms with Crippen molar-refractivity contribution in [1.29, 1.82) is 0 Å². The lowest BCUT2D eigenvalue weighted by atomic mass is 10.1. The van der Waals surface area contributed by atoms with Crippen LogP contribution in [0.3, 0.4) is 0 Å². The molecular formula is C21H26ClN3O4S. The number of nitrogens with zero attached hydrogens (tertiary/aromatic N) is 2. The summed E-state index contributed by atoms with van der Waals surface area (Å²) in [6, 6.07) is 12.8. The maximum Gasteiger partial charge on any atom is 0.269 e. The van der Waals surface area contributed by atoms with Gasteiger partial charge in [0.25, 0.3) is 5.69 Å². The van der Waals surface area contributed by atoms with Gasteiger partial charge in [-0.2, -0.15) is 0 Å². The van der Waals surface area contributed by atoms with E-state index >= 15 is 0 Å². The first kappa shape index (κ1) is 22.7. The molecule has 0 spiro atoms. The lowest BCUT2D eigenvalue weighted by Gasteiger charge is -2.30. The second-order valence-corrected chi connectivity index (χ2v) is 9.84. The quantitative estimate of drug-likeness (QED) is 0.459. The fraction of sp³-hybridized carbons (Fsp3) is 0.429. The Morgan fingerprint density at radius 2 is 1.80 bits per heavy atom. The van der Waals surface area contributed by atoms with Gasteiger partial charge in [-0.3, -0.25) is 10.1 Å². The maximum absolute atomic E-state index is 12.8. The lowest BCUT2D eigenvalue weighted by molar-refractivity contribution is -0.384. The van der Waals surface area contributed by atoms with Crippen molar-refractivity contribution in [2.24, 2.45) is 0 Å². The van der Waals surface area contributed by atoms with Gasteiger partial charge in [-0.25, -0.2) is 13.1 Å². The molecule has 9 heteroatoms. The molecule has 3 rings (SSSR count). The van der Waals surface area contributed by atoms with E-state index in [9.17, 15) is 18.5 Å². The van der Waals surface area contributed by atoms with Gasteiger partial charge in [-0.1, -0.05) is 30.2 Å². The van der Waals surface area contributed by atoms with Crippen molar-refractivity contribution < 1.29 is 13.3 Å². The number of sulfonamides is 1. The van der Waals surface area contributed by atoms with Crippen molar-refractivity contribution in [3.05, 3.63) is 69.2 Å². The van der Waals surface area contributed by atoms with Crippen LogP contribution >= 0.6 is 11.6 Å². The molecule has 0 heterocycles. The van der Waals surface area contributed by atoms with E-state index in [-0.39, 0.29) is 22.7 Å². The summed E-state index contributed by atoms with van der Waals surface area (Å²) in [5.74, 6) is 0. The van der Waals surface area contributed by atoms with Crippen LogP contribution in [-0.2, 0) is 16.4 Å². The second-order valence-electron chi connectivity index (χ2n) is 7.69. The molecule has 2 aromatic rings. The van der Waals surface area contributed by atoms with Crippen LogP contribution in [0.5, 0.6) is 0 Å². The predicted molar refractivity (Wildman–Crippen MR) is 117 cm³/mol. The number of nitro benzene ring substituents is 1. The molecule has 2 atom stereocenters. The summed E-state index contributed by atoms with van der Waals surface area (Å²) in [6.45, 7) is 0.864. The summed E-state index contributed by atoms with van der Waals surface area (Å²) < 4.78 is 28.3. The normalized spacial score (nSPS) is 19.3. The van der Waals surface area contributed by atoms with Crippen molar-refractivity contribution in [1.82, 2.24) is 9.62 Å². The van der Waals surface area contributed by atoms with Crippen LogP contribution in [0, 0.1) is 10.1 Å². The Morgan fingerprint density at radius 3 is 2.43 bits per heavy atom. The van der Waals surface area contributed by atoms with E-state index < -0.39 is 14.9 Å². The lowest BCUT2D eigenvalue weighted by Crippen LogP contribution is -2.47. The molecule has 1 saturated carbocycles. The highest BCUT2D eigenvalue weighted by molar-refractivity contribution is 7.89. The van der Waals surface area contributed by atoms with Crippen LogP contribution < -0.4 is 4.72 Å². The minimum atomic E-state index is -3.73. The number of hydrogen-bond acceptors (Lipinski definition) is 5. The summed E-state index contributed by atoms with van der Waals surface area (Å²) in [7, 11) is -1.70. The van der Waals surface area contributed by atoms with Gasteiger partial charge in [-0.15, -0.1) is 0 Å². The minimum Gasteiger partial charge on any atom is -0.302 e. The monoisotopic (exact) mass is 451 g/mol. The third-order valence-corrected chi connectivity index (χ3v) is 7.36. The third kappa shape index (κ3) is 5.78. The van der Waals surface area contributed by atoms with Gasteiger partial charge in [0.1, 0.15) is 0 Å². The largest absolute Gasteiger partial charge is 0.302 e. The summed E-state index contributed by atoms with van der Waals surface area (Å²) in [4.78, 5) is 12.5. The Hall–Kier alpha value is -2.00. The van der Waals surface area contributed by atoms with E-state index in [2.05, 4.69) is 9.62 Å². The van der Waals surface area contributed by atoms with Crippen LogP contribution in [0.15, 0.2) is 53.4 Å². The molecule has 0 unspecified atom stereocenters. The predicted octanol–water partition coefficient (Wildman–Crippen LogP) is 4.01. The molecule has 0 radical (unpaired) electrons. The first-order valence-electron chi connectivity index (χ1n) is 9.98. The molecule has 0 saturated heterocycles. The molecule has 162 valence electrons. The number of aryl methyl sites for hydroxylation is 1. The maximum atomic E-state index is 12.8. The molecule has 2 aromatic carbocycles. The fourth-order valence-corrected chi connectivity index (χ4v) is 5.40. The topological polar surface area (TPSA) is 92.6 Å². The molecule has 1 N–H and O–H groups in total. The summed E-state index contributed by atoms with van der Waals surface area (Å²) in [6.07, 6.45) is 4.58. The highest BCUT2D eigenvalue weighted by atomic mass is 35.5. The molecule has 7 nitrogen and oxygen atoms in total. The van der Waals surface area contributed by atoms with Crippen LogP contribution in [0.1, 0.15) is 31.2 Å². The Morgan fingerprint density at radius 1 is 1.13 bits per heavy atom. The van der Waals surface area contributed by atoms with E-state index in [1.165, 1.54) is 29.8 Å². The zero-order valence-electron chi connectivity index (χ0n) is 16.8. The van der Waals surface area contributed by atoms with Gasteiger partial charge in [0.15, 0.2) is 0 Å². The number of nitro groups is 1. The molecule has 1 aliphatic carbocycles. The number of rotatable bonds is 9. The van der Waals surface area contributed by atoms with Crippen molar-refractivity contribution in [2.45, 2.75) is 49.1 Å². The van der Waals surface area contributed by atoms with Crippen molar-refractivity contribution in [2.75, 3.05) is 13.6 Å². The fourth-order valence-electron chi connectivity index (χ4n) is 3.97. The molecular weight excluding hydrogens is 426 g/mol. The van der Waals surface area contributed by atoms with Crippen LogP contribution in [0.2, 0.25) is 5.02 Å². The standard InChI is InChI=1S/C21H26ClN3O4S/c1-24(15-3-4-16-7-9-17(22)10-8-16)21-6-2-5-20(21)23-30(28,29)19-13-11-18(12-14-19)25(26)27/h7-14,20-21,23H,2-6,15H2,1H3/t20-,21-/m1/s1. The highest BCUT2D eigenvalue weighted by Crippen LogP contribution is 2.26. The summed E-state index contributed by atoms with van der Waals surface area (Å²) >= 11 is 5.92. The van der Waals surface area contributed by atoms with Gasteiger partial charge in [-0.05, 0) is 69.1 Å². The first-order valence-corrected chi connectivity index (χ1v) is 11.8. The number of nitrogens with one attached hydrogen (secondary N) is 1. The average Bonchev–Trinajstić information content (AvgIpc) is 3.17. The molecule has 0 aromatic heterocycles. The number of likely N-dealkylation sites (N-methyl/N-ethyl adjacent to an activating group) is 1. The molecule has 0 bridgehead atoms. The van der Waals surface area contributed by atoms with Crippen molar-refractivity contribution >= 4 is 27.3 Å². The Kier molecular flexibility index (Phi) is 7.46.